The first-order chi connectivity index (χ1) is 7.05. The number of nitrogens with one attached hydrogen (secondary N) is 1. The van der Waals surface area contributed by atoms with Crippen molar-refractivity contribution in [2.45, 2.75) is 59.9 Å². The molecular formula is C13H29NO. The first kappa shape index (κ1) is 14.9. The summed E-state index contributed by atoms with van der Waals surface area (Å²) in [4.78, 5) is 0. The molecule has 0 fully saturated rings. The molecular weight excluding hydrogens is 186 g/mol. The van der Waals surface area contributed by atoms with Crippen LogP contribution in [0.4, 0.5) is 0 Å². The summed E-state index contributed by atoms with van der Waals surface area (Å²) in [5, 5.41) is 13.1. The third-order valence-corrected chi connectivity index (χ3v) is 3.82. The number of rotatable bonds is 8. The fourth-order valence-electron chi connectivity index (χ4n) is 1.98. The quantitative estimate of drug-likeness (QED) is 0.652. The van der Waals surface area contributed by atoms with E-state index in [1.807, 2.05) is 0 Å². The molecule has 0 saturated carbocycles. The highest BCUT2D eigenvalue weighted by molar-refractivity contribution is 4.81. The zero-order valence-electron chi connectivity index (χ0n) is 11.1. The van der Waals surface area contributed by atoms with Crippen LogP contribution >= 0.6 is 0 Å². The summed E-state index contributed by atoms with van der Waals surface area (Å²) in [5.41, 5.74) is 0.0856. The van der Waals surface area contributed by atoms with Gasteiger partial charge >= 0.3 is 0 Å². The predicted octanol–water partition coefficient (Wildman–Crippen LogP) is 2.81. The van der Waals surface area contributed by atoms with Crippen LogP contribution in [0.3, 0.4) is 0 Å². The molecule has 0 saturated heterocycles. The highest BCUT2D eigenvalue weighted by atomic mass is 16.3. The van der Waals surface area contributed by atoms with Gasteiger partial charge in [-0.05, 0) is 25.2 Å². The van der Waals surface area contributed by atoms with E-state index in [1.54, 1.807) is 0 Å². The lowest BCUT2D eigenvalue weighted by atomic mass is 9.82. The average molecular weight is 215 g/mol. The molecule has 2 heteroatoms. The Morgan fingerprint density at radius 1 is 1.13 bits per heavy atom. The molecule has 0 aliphatic carbocycles. The van der Waals surface area contributed by atoms with Gasteiger partial charge < -0.3 is 10.4 Å². The van der Waals surface area contributed by atoms with Gasteiger partial charge in [0, 0.05) is 24.6 Å². The zero-order chi connectivity index (χ0) is 11.9. The van der Waals surface area contributed by atoms with E-state index in [2.05, 4.69) is 39.9 Å². The van der Waals surface area contributed by atoms with Crippen LogP contribution in [-0.2, 0) is 0 Å². The van der Waals surface area contributed by atoms with Crippen molar-refractivity contribution >= 4 is 0 Å². The second-order valence-corrected chi connectivity index (χ2v) is 5.00. The fourth-order valence-corrected chi connectivity index (χ4v) is 1.98. The molecule has 2 N–H and O–H groups in total. The first-order valence-electron chi connectivity index (χ1n) is 6.39. The summed E-state index contributed by atoms with van der Waals surface area (Å²) in [6.45, 7) is 12.3. The molecule has 0 amide bonds. The number of hydrogen-bond acceptors (Lipinski definition) is 2. The Kier molecular flexibility index (Phi) is 7.20. The second-order valence-electron chi connectivity index (χ2n) is 5.00. The van der Waals surface area contributed by atoms with Gasteiger partial charge in [0.2, 0.25) is 0 Å². The monoisotopic (exact) mass is 215 g/mol. The Hall–Kier alpha value is -0.0800. The van der Waals surface area contributed by atoms with Gasteiger partial charge in [-0.25, -0.2) is 0 Å². The van der Waals surface area contributed by atoms with Crippen LogP contribution in [0.1, 0.15) is 53.9 Å². The van der Waals surface area contributed by atoms with Crippen molar-refractivity contribution in [3.8, 4) is 0 Å². The maximum absolute atomic E-state index is 9.46. The number of aliphatic hydroxyl groups excluding tert-OH is 1. The number of hydrogen-bond donors (Lipinski definition) is 2. The molecule has 0 aromatic heterocycles. The summed E-state index contributed by atoms with van der Waals surface area (Å²) in [6.07, 6.45) is 3.25. The standard InChI is InChI=1S/C13H29NO/c1-6-12(11(4)5)14-9-13(7-2,8-3)10-15/h11-12,14-15H,6-10H2,1-5H3. The van der Waals surface area contributed by atoms with E-state index in [0.717, 1.165) is 25.8 Å². The van der Waals surface area contributed by atoms with Gasteiger partial charge in [0.1, 0.15) is 0 Å². The summed E-state index contributed by atoms with van der Waals surface area (Å²) in [7, 11) is 0. The topological polar surface area (TPSA) is 32.3 Å². The minimum atomic E-state index is 0.0856. The molecule has 15 heavy (non-hydrogen) atoms. The molecule has 1 atom stereocenters. The first-order valence-corrected chi connectivity index (χ1v) is 6.39. The summed E-state index contributed by atoms with van der Waals surface area (Å²) >= 11 is 0. The minimum Gasteiger partial charge on any atom is -0.396 e. The van der Waals surface area contributed by atoms with Gasteiger partial charge in [0.15, 0.2) is 0 Å². The van der Waals surface area contributed by atoms with Crippen molar-refractivity contribution in [1.29, 1.82) is 0 Å². The normalized spacial score (nSPS) is 14.6. The van der Waals surface area contributed by atoms with E-state index in [-0.39, 0.29) is 5.41 Å². The Balaban J connectivity index is 4.19. The molecule has 0 spiro atoms. The van der Waals surface area contributed by atoms with E-state index < -0.39 is 0 Å². The Morgan fingerprint density at radius 2 is 1.67 bits per heavy atom. The molecule has 0 aliphatic rings. The smallest absolute Gasteiger partial charge is 0.0499 e. The van der Waals surface area contributed by atoms with E-state index in [4.69, 9.17) is 0 Å². The molecule has 0 aromatic rings. The van der Waals surface area contributed by atoms with Crippen LogP contribution in [0.15, 0.2) is 0 Å². The fraction of sp³-hybridized carbons (Fsp3) is 1.00. The van der Waals surface area contributed by atoms with Crippen molar-refractivity contribution in [3.05, 3.63) is 0 Å². The third kappa shape index (κ3) is 4.52. The summed E-state index contributed by atoms with van der Waals surface area (Å²) < 4.78 is 0. The van der Waals surface area contributed by atoms with Crippen molar-refractivity contribution < 1.29 is 5.11 Å². The molecule has 1 unspecified atom stereocenters. The molecule has 0 aliphatic heterocycles. The zero-order valence-corrected chi connectivity index (χ0v) is 11.1. The highest BCUT2D eigenvalue weighted by Crippen LogP contribution is 2.25. The maximum atomic E-state index is 9.46. The number of aliphatic hydroxyl groups is 1. The van der Waals surface area contributed by atoms with E-state index in [9.17, 15) is 5.11 Å². The minimum absolute atomic E-state index is 0.0856. The third-order valence-electron chi connectivity index (χ3n) is 3.82. The lowest BCUT2D eigenvalue weighted by molar-refractivity contribution is 0.107. The maximum Gasteiger partial charge on any atom is 0.0499 e. The lowest BCUT2D eigenvalue weighted by Crippen LogP contribution is -2.43. The van der Waals surface area contributed by atoms with Crippen molar-refractivity contribution in [1.82, 2.24) is 5.32 Å². The van der Waals surface area contributed by atoms with Crippen LogP contribution in [0.25, 0.3) is 0 Å². The van der Waals surface area contributed by atoms with Crippen LogP contribution < -0.4 is 5.32 Å². The van der Waals surface area contributed by atoms with E-state index in [1.165, 1.54) is 0 Å². The average Bonchev–Trinajstić information content (AvgIpc) is 2.25. The van der Waals surface area contributed by atoms with Crippen LogP contribution in [-0.4, -0.2) is 24.3 Å². The van der Waals surface area contributed by atoms with E-state index in [0.29, 0.717) is 18.6 Å². The molecule has 0 heterocycles. The van der Waals surface area contributed by atoms with Crippen LogP contribution in [0.2, 0.25) is 0 Å². The van der Waals surface area contributed by atoms with Gasteiger partial charge in [-0.15, -0.1) is 0 Å². The highest BCUT2D eigenvalue weighted by Gasteiger charge is 2.26. The molecule has 2 nitrogen and oxygen atoms in total. The van der Waals surface area contributed by atoms with Gasteiger partial charge in [0.25, 0.3) is 0 Å². The lowest BCUT2D eigenvalue weighted by Gasteiger charge is -2.33. The second kappa shape index (κ2) is 7.24. The molecule has 92 valence electrons. The van der Waals surface area contributed by atoms with Crippen molar-refractivity contribution in [2.75, 3.05) is 13.2 Å². The summed E-state index contributed by atoms with van der Waals surface area (Å²) in [6, 6.07) is 0.578. The van der Waals surface area contributed by atoms with Gasteiger partial charge in [-0.1, -0.05) is 34.6 Å². The van der Waals surface area contributed by atoms with Crippen LogP contribution in [0.5, 0.6) is 0 Å². The van der Waals surface area contributed by atoms with E-state index >= 15 is 0 Å². The van der Waals surface area contributed by atoms with Crippen LogP contribution in [0, 0.1) is 11.3 Å². The largest absolute Gasteiger partial charge is 0.396 e. The van der Waals surface area contributed by atoms with Gasteiger partial charge in [-0.2, -0.15) is 0 Å². The van der Waals surface area contributed by atoms with Crippen molar-refractivity contribution in [3.63, 3.8) is 0 Å². The van der Waals surface area contributed by atoms with Gasteiger partial charge in [-0.3, -0.25) is 0 Å². The molecule has 0 radical (unpaired) electrons. The molecule has 0 bridgehead atoms. The Labute approximate surface area is 95.5 Å². The Morgan fingerprint density at radius 3 is 1.93 bits per heavy atom. The van der Waals surface area contributed by atoms with Crippen molar-refractivity contribution in [2.24, 2.45) is 11.3 Å². The molecule has 0 aromatic carbocycles. The summed E-state index contributed by atoms with van der Waals surface area (Å²) in [5.74, 6) is 0.667. The van der Waals surface area contributed by atoms with Gasteiger partial charge in [0.05, 0.1) is 0 Å². The molecule has 0 rings (SSSR count). The Bertz CT molecular complexity index is 144. The SMILES string of the molecule is CCC(NCC(CC)(CC)CO)C(C)C. The predicted molar refractivity (Wildman–Crippen MR) is 67.0 cm³/mol.